The molecule has 8 nitrogen and oxygen atoms in total. The Morgan fingerprint density at radius 2 is 1.81 bits per heavy atom. The average Bonchev–Trinajstić information content (AvgIpc) is 3.89. The summed E-state index contributed by atoms with van der Waals surface area (Å²) in [6, 6.07) is 25.4. The van der Waals surface area contributed by atoms with Gasteiger partial charge in [0.2, 0.25) is 0 Å². The molecule has 6 aromatic rings. The Morgan fingerprint density at radius 1 is 1.02 bits per heavy atom. The van der Waals surface area contributed by atoms with Gasteiger partial charge in [-0.15, -0.1) is 11.8 Å². The van der Waals surface area contributed by atoms with Gasteiger partial charge in [-0.25, -0.2) is 4.79 Å². The average molecular weight is 737 g/mol. The number of methoxy groups -OCH3 is 1. The van der Waals surface area contributed by atoms with E-state index in [1.807, 2.05) is 60.6 Å². The Bertz CT molecular complexity index is 2240. The molecule has 52 heavy (non-hydrogen) atoms. The van der Waals surface area contributed by atoms with Gasteiger partial charge in [0.15, 0.2) is 0 Å². The Labute approximate surface area is 314 Å². The van der Waals surface area contributed by atoms with Crippen molar-refractivity contribution >= 4 is 51.0 Å². The van der Waals surface area contributed by atoms with Gasteiger partial charge in [-0.2, -0.15) is 5.10 Å². The maximum Gasteiger partial charge on any atom is 0.355 e. The van der Waals surface area contributed by atoms with Crippen molar-refractivity contribution in [2.75, 3.05) is 20.3 Å². The highest BCUT2D eigenvalue weighted by Gasteiger charge is 2.29. The molecule has 10 heteroatoms. The molecule has 1 aliphatic carbocycles. The standard InChI is InChI=1S/C42H45ClN4O4S/c1-6-50-42(48)41-33(34-19-20-35(43)39(40(34)46(41)3)38-26(2)47(4)45-36(38)24-44-29-15-16-29)12-9-21-51-37-23-31(22-28-10-7-8-11-32(28)37)52-25-27-13-17-30(49-5)18-14-27/h7-8,10-11,13-14,17-20,22-23,29,44H,6,9,12,15-16,21,24-25H2,1-5H3. The number of hydrogen-bond acceptors (Lipinski definition) is 7. The van der Waals surface area contributed by atoms with E-state index in [1.54, 1.807) is 18.9 Å². The fraction of sp³-hybridized carbons (Fsp3) is 0.333. The molecule has 0 atom stereocenters. The number of halogens is 1. The molecule has 0 saturated heterocycles. The summed E-state index contributed by atoms with van der Waals surface area (Å²) in [5.41, 5.74) is 7.48. The van der Waals surface area contributed by atoms with E-state index >= 15 is 0 Å². The topological polar surface area (TPSA) is 79.5 Å². The zero-order chi connectivity index (χ0) is 36.4. The number of benzene rings is 4. The van der Waals surface area contributed by atoms with Crippen LogP contribution >= 0.6 is 23.4 Å². The molecule has 2 aromatic heterocycles. The number of nitrogens with zero attached hydrogens (tertiary/aromatic N) is 3. The predicted molar refractivity (Wildman–Crippen MR) is 211 cm³/mol. The van der Waals surface area contributed by atoms with Crippen molar-refractivity contribution in [2.45, 2.75) is 62.8 Å². The van der Waals surface area contributed by atoms with Crippen molar-refractivity contribution in [1.82, 2.24) is 19.7 Å². The summed E-state index contributed by atoms with van der Waals surface area (Å²) < 4.78 is 21.4. The number of rotatable bonds is 15. The SMILES string of the molecule is CCOC(=O)c1c(CCCOc2cc(SCc3ccc(OC)cc3)cc3ccccc23)c2ccc(Cl)c(-c3c(CNC4CC4)nn(C)c3C)c2n1C. The van der Waals surface area contributed by atoms with Crippen molar-refractivity contribution in [1.29, 1.82) is 0 Å². The van der Waals surface area contributed by atoms with Crippen LogP contribution in [-0.2, 0) is 37.6 Å². The van der Waals surface area contributed by atoms with Crippen LogP contribution < -0.4 is 14.8 Å². The van der Waals surface area contributed by atoms with Crippen LogP contribution in [0.1, 0.15) is 59.2 Å². The third-order valence-corrected chi connectivity index (χ3v) is 11.2. The Hall–Kier alpha value is -4.44. The van der Waals surface area contributed by atoms with Gasteiger partial charge in [-0.05, 0) is 86.4 Å². The molecule has 2 heterocycles. The van der Waals surface area contributed by atoms with E-state index in [-0.39, 0.29) is 12.6 Å². The molecule has 0 amide bonds. The molecule has 0 unspecified atom stereocenters. The second-order valence-corrected chi connectivity index (χ2v) is 14.8. The first kappa shape index (κ1) is 35.9. The van der Waals surface area contributed by atoms with Gasteiger partial charge in [0.1, 0.15) is 17.2 Å². The van der Waals surface area contributed by atoms with E-state index in [2.05, 4.69) is 54.7 Å². The van der Waals surface area contributed by atoms with Gasteiger partial charge < -0.3 is 24.1 Å². The Morgan fingerprint density at radius 3 is 2.56 bits per heavy atom. The third-order valence-electron chi connectivity index (χ3n) is 9.86. The first-order valence-electron chi connectivity index (χ1n) is 17.9. The smallest absolute Gasteiger partial charge is 0.355 e. The molecule has 1 saturated carbocycles. The first-order chi connectivity index (χ1) is 25.3. The Kier molecular flexibility index (Phi) is 10.8. The lowest BCUT2D eigenvalue weighted by Gasteiger charge is -2.13. The highest BCUT2D eigenvalue weighted by atomic mass is 35.5. The largest absolute Gasteiger partial charge is 0.497 e. The number of hydrogen-bond donors (Lipinski definition) is 1. The van der Waals surface area contributed by atoms with Crippen molar-refractivity contribution in [3.8, 4) is 22.6 Å². The maximum atomic E-state index is 13.6. The lowest BCUT2D eigenvalue weighted by Crippen LogP contribution is -2.16. The molecule has 0 aliphatic heterocycles. The van der Waals surface area contributed by atoms with Gasteiger partial charge in [-0.3, -0.25) is 4.68 Å². The quantitative estimate of drug-likeness (QED) is 0.0639. The molecule has 1 aliphatic rings. The highest BCUT2D eigenvalue weighted by molar-refractivity contribution is 7.98. The summed E-state index contributed by atoms with van der Waals surface area (Å²) in [7, 11) is 5.58. The molecule has 270 valence electrons. The van der Waals surface area contributed by atoms with Gasteiger partial charge in [0.05, 0.1) is 36.6 Å². The van der Waals surface area contributed by atoms with Gasteiger partial charge >= 0.3 is 5.97 Å². The van der Waals surface area contributed by atoms with Crippen LogP contribution in [0.2, 0.25) is 5.02 Å². The van der Waals surface area contributed by atoms with Crippen LogP contribution in [0.4, 0.5) is 0 Å². The second-order valence-electron chi connectivity index (χ2n) is 13.3. The summed E-state index contributed by atoms with van der Waals surface area (Å²) in [6.45, 7) is 5.33. The zero-order valence-corrected chi connectivity index (χ0v) is 32.0. The Balaban J connectivity index is 1.17. The van der Waals surface area contributed by atoms with Crippen molar-refractivity contribution in [3.05, 3.63) is 106 Å². The lowest BCUT2D eigenvalue weighted by molar-refractivity contribution is 0.0514. The zero-order valence-electron chi connectivity index (χ0n) is 30.4. The number of carbonyl (C=O) groups excluding carboxylic acids is 1. The van der Waals surface area contributed by atoms with Crippen LogP contribution in [0.25, 0.3) is 32.8 Å². The number of thioether (sulfide) groups is 1. The first-order valence-corrected chi connectivity index (χ1v) is 19.3. The van der Waals surface area contributed by atoms with E-state index in [9.17, 15) is 4.79 Å². The van der Waals surface area contributed by atoms with Crippen LogP contribution in [0, 0.1) is 6.92 Å². The number of fused-ring (bicyclic) bond motifs is 2. The molecule has 1 N–H and O–H groups in total. The third kappa shape index (κ3) is 7.40. The number of nitrogens with one attached hydrogen (secondary N) is 1. The van der Waals surface area contributed by atoms with Crippen LogP contribution in [-0.4, -0.2) is 46.7 Å². The fourth-order valence-electron chi connectivity index (χ4n) is 6.98. The van der Waals surface area contributed by atoms with E-state index in [0.717, 1.165) is 71.9 Å². The maximum absolute atomic E-state index is 13.6. The minimum atomic E-state index is -0.342. The molecule has 0 bridgehead atoms. The lowest BCUT2D eigenvalue weighted by atomic mass is 9.98. The normalized spacial score (nSPS) is 12.9. The summed E-state index contributed by atoms with van der Waals surface area (Å²) in [4.78, 5) is 14.7. The number of esters is 1. The molecular weight excluding hydrogens is 692 g/mol. The molecule has 4 aromatic carbocycles. The van der Waals surface area contributed by atoms with Crippen molar-refractivity contribution in [3.63, 3.8) is 0 Å². The van der Waals surface area contributed by atoms with Crippen molar-refractivity contribution < 1.29 is 19.0 Å². The van der Waals surface area contributed by atoms with E-state index in [0.29, 0.717) is 42.8 Å². The van der Waals surface area contributed by atoms with Gasteiger partial charge in [0.25, 0.3) is 0 Å². The minimum absolute atomic E-state index is 0.287. The fourth-order valence-corrected chi connectivity index (χ4v) is 8.15. The molecule has 7 rings (SSSR count). The molecule has 0 spiro atoms. The summed E-state index contributed by atoms with van der Waals surface area (Å²) >= 11 is 8.83. The van der Waals surface area contributed by atoms with Crippen LogP contribution in [0.3, 0.4) is 0 Å². The van der Waals surface area contributed by atoms with E-state index in [1.165, 1.54) is 18.4 Å². The predicted octanol–water partition coefficient (Wildman–Crippen LogP) is 9.44. The number of aromatic nitrogens is 3. The molecular formula is C42H45ClN4O4S. The monoisotopic (exact) mass is 736 g/mol. The summed E-state index contributed by atoms with van der Waals surface area (Å²) in [5, 5.41) is 12.3. The molecule has 0 radical (unpaired) electrons. The van der Waals surface area contributed by atoms with Gasteiger partial charge in [0, 0.05) is 64.9 Å². The van der Waals surface area contributed by atoms with Crippen LogP contribution in [0.5, 0.6) is 11.5 Å². The van der Waals surface area contributed by atoms with Crippen molar-refractivity contribution in [2.24, 2.45) is 14.1 Å². The van der Waals surface area contributed by atoms with E-state index < -0.39 is 0 Å². The number of ether oxygens (including phenoxy) is 3. The number of carbonyl (C=O) groups is 1. The minimum Gasteiger partial charge on any atom is -0.497 e. The summed E-state index contributed by atoms with van der Waals surface area (Å²) in [5.74, 6) is 2.20. The molecule has 1 fully saturated rings. The van der Waals surface area contributed by atoms with Gasteiger partial charge in [-0.1, -0.05) is 54.1 Å². The highest BCUT2D eigenvalue weighted by Crippen LogP contribution is 2.42. The second kappa shape index (κ2) is 15.7. The van der Waals surface area contributed by atoms with Crippen LogP contribution in [0.15, 0.2) is 77.7 Å². The number of aryl methyl sites for hydroxylation is 3. The summed E-state index contributed by atoms with van der Waals surface area (Å²) in [6.07, 6.45) is 3.70. The van der Waals surface area contributed by atoms with E-state index in [4.69, 9.17) is 30.9 Å².